The summed E-state index contributed by atoms with van der Waals surface area (Å²) in [6, 6.07) is 18.0. The first-order chi connectivity index (χ1) is 26.7. The molecule has 0 bridgehead atoms. The molecule has 6 N–H and O–H groups in total. The summed E-state index contributed by atoms with van der Waals surface area (Å²) in [5, 5.41) is 11.0. The lowest BCUT2D eigenvalue weighted by atomic mass is 9.96. The predicted octanol–water partition coefficient (Wildman–Crippen LogP) is 5.80. The number of amides is 3. The fraction of sp³-hybridized carbons (Fsp3) is 0.342. The second kappa shape index (κ2) is 19.8. The molecule has 0 aliphatic carbocycles. The summed E-state index contributed by atoms with van der Waals surface area (Å²) in [7, 11) is 0. The summed E-state index contributed by atoms with van der Waals surface area (Å²) in [4.78, 5) is 48.8. The number of likely N-dealkylation sites (tertiary alicyclic amines) is 1. The van der Waals surface area contributed by atoms with Crippen LogP contribution in [0, 0.1) is 18.7 Å². The number of thiazole rings is 1. The quantitative estimate of drug-likeness (QED) is 0.0536. The smallest absolute Gasteiger partial charge is 0.251 e. The predicted molar refractivity (Wildman–Crippen MR) is 217 cm³/mol. The molecule has 17 heteroatoms. The van der Waals surface area contributed by atoms with E-state index >= 15 is 0 Å². The second-order valence-electron chi connectivity index (χ2n) is 12.8. The Bertz CT molecular complexity index is 2070. The van der Waals surface area contributed by atoms with E-state index in [1.807, 2.05) is 48.7 Å². The number of carbonyl (C=O) groups is 3. The Labute approximate surface area is 330 Å². The molecule has 1 aliphatic heterocycles. The molecule has 1 saturated heterocycles. The van der Waals surface area contributed by atoms with Crippen molar-refractivity contribution >= 4 is 79.2 Å². The van der Waals surface area contributed by atoms with Gasteiger partial charge in [-0.2, -0.15) is 0 Å². The van der Waals surface area contributed by atoms with Gasteiger partial charge in [0.25, 0.3) is 5.91 Å². The van der Waals surface area contributed by atoms with E-state index < -0.39 is 5.82 Å². The second-order valence-corrected chi connectivity index (χ2v) is 15.9. The maximum Gasteiger partial charge on any atom is 0.251 e. The van der Waals surface area contributed by atoms with Gasteiger partial charge in [-0.05, 0) is 86.1 Å². The van der Waals surface area contributed by atoms with Crippen molar-refractivity contribution in [1.82, 2.24) is 25.5 Å². The highest BCUT2D eigenvalue weighted by Gasteiger charge is 2.26. The van der Waals surface area contributed by atoms with Gasteiger partial charge < -0.3 is 40.8 Å². The monoisotopic (exact) mass is 806 g/mol. The average Bonchev–Trinajstić information content (AvgIpc) is 3.86. The number of nitrogens with one attached hydrogen (secondary N) is 4. The summed E-state index contributed by atoms with van der Waals surface area (Å²) in [5.74, 6) is -0.752. The lowest BCUT2D eigenvalue weighted by Gasteiger charge is -2.31. The number of pyridine rings is 1. The SMILES string of the molecule is Cc1ccc(N)nc1-c1cccc(C(=O)NCCOCCOCC(=O)NCCN2CCC(C(=O)Nc3nc4c(F)cc(NSc5cccs5)cc4s3)CC2)c1. The largest absolute Gasteiger partial charge is 0.384 e. The lowest BCUT2D eigenvalue weighted by molar-refractivity contribution is -0.126. The van der Waals surface area contributed by atoms with E-state index in [2.05, 4.69) is 35.5 Å². The van der Waals surface area contributed by atoms with Crippen molar-refractivity contribution < 1.29 is 28.2 Å². The zero-order valence-electron chi connectivity index (χ0n) is 30.3. The van der Waals surface area contributed by atoms with Gasteiger partial charge >= 0.3 is 0 Å². The minimum Gasteiger partial charge on any atom is -0.384 e. The molecular formula is C38H43FN8O5S3. The number of hydrogen-bond donors (Lipinski definition) is 5. The Morgan fingerprint density at radius 3 is 2.64 bits per heavy atom. The number of nitrogens with zero attached hydrogens (tertiary/aromatic N) is 3. The minimum atomic E-state index is -0.442. The maximum absolute atomic E-state index is 14.8. The number of halogens is 1. The van der Waals surface area contributed by atoms with Crippen LogP contribution in [0.1, 0.15) is 28.8 Å². The lowest BCUT2D eigenvalue weighted by Crippen LogP contribution is -2.42. The normalized spacial score (nSPS) is 13.5. The van der Waals surface area contributed by atoms with Gasteiger partial charge in [0.15, 0.2) is 10.9 Å². The highest BCUT2D eigenvalue weighted by Crippen LogP contribution is 2.34. The molecular weight excluding hydrogens is 764 g/mol. The van der Waals surface area contributed by atoms with Crippen molar-refractivity contribution in [2.45, 2.75) is 24.0 Å². The molecule has 1 fully saturated rings. The highest BCUT2D eigenvalue weighted by molar-refractivity contribution is 8.02. The number of nitrogens with two attached hydrogens (primary N) is 1. The molecule has 2 aromatic carbocycles. The number of benzene rings is 2. The Hall–Kier alpha value is -4.65. The summed E-state index contributed by atoms with van der Waals surface area (Å²) in [5.41, 5.74) is 9.74. The highest BCUT2D eigenvalue weighted by atomic mass is 32.2. The number of rotatable bonds is 18. The summed E-state index contributed by atoms with van der Waals surface area (Å²) < 4.78 is 30.6. The van der Waals surface area contributed by atoms with Gasteiger partial charge in [-0.1, -0.05) is 35.6 Å². The number of aryl methyl sites for hydroxylation is 1. The van der Waals surface area contributed by atoms with Crippen molar-refractivity contribution in [3.05, 3.63) is 83.0 Å². The number of carbonyl (C=O) groups excluding carboxylic acids is 3. The topological polar surface area (TPSA) is 173 Å². The van der Waals surface area contributed by atoms with E-state index in [9.17, 15) is 18.8 Å². The summed E-state index contributed by atoms with van der Waals surface area (Å²) >= 11 is 4.26. The molecule has 290 valence electrons. The van der Waals surface area contributed by atoms with Crippen LogP contribution >= 0.6 is 34.6 Å². The third-order valence-electron chi connectivity index (χ3n) is 8.81. The Morgan fingerprint density at radius 1 is 0.982 bits per heavy atom. The number of piperidine rings is 1. The molecule has 3 amide bonds. The van der Waals surface area contributed by atoms with E-state index in [0.29, 0.717) is 66.0 Å². The van der Waals surface area contributed by atoms with Crippen molar-refractivity contribution in [2.24, 2.45) is 5.92 Å². The summed E-state index contributed by atoms with van der Waals surface area (Å²) in [6.45, 7) is 5.58. The molecule has 6 rings (SSSR count). The van der Waals surface area contributed by atoms with E-state index in [-0.39, 0.29) is 49.0 Å². The zero-order valence-corrected chi connectivity index (χ0v) is 32.7. The van der Waals surface area contributed by atoms with Crippen LogP contribution in [0.2, 0.25) is 0 Å². The van der Waals surface area contributed by atoms with Crippen LogP contribution in [0.4, 0.5) is 21.0 Å². The van der Waals surface area contributed by atoms with Gasteiger partial charge in [0.1, 0.15) is 17.9 Å². The first-order valence-corrected chi connectivity index (χ1v) is 20.4. The van der Waals surface area contributed by atoms with Crippen molar-refractivity contribution in [3.63, 3.8) is 0 Å². The van der Waals surface area contributed by atoms with E-state index in [0.717, 1.165) is 34.1 Å². The molecule has 0 radical (unpaired) electrons. The number of anilines is 3. The average molecular weight is 807 g/mol. The van der Waals surface area contributed by atoms with Crippen LogP contribution in [0.3, 0.4) is 0 Å². The Balaban J connectivity index is 0.795. The van der Waals surface area contributed by atoms with Crippen LogP contribution in [0.5, 0.6) is 0 Å². The molecule has 13 nitrogen and oxygen atoms in total. The number of ether oxygens (including phenoxy) is 2. The molecule has 4 heterocycles. The van der Waals surface area contributed by atoms with Gasteiger partial charge in [-0.3, -0.25) is 14.4 Å². The minimum absolute atomic E-state index is 0.0817. The van der Waals surface area contributed by atoms with Crippen LogP contribution in [-0.4, -0.2) is 91.7 Å². The standard InChI is InChI=1S/C38H43FN8O5S3/c1-24-7-8-31(40)43-34(24)26-4-2-5-27(20-26)36(49)42-12-16-51-17-18-52-23-32(48)41-11-15-47-13-9-25(10-14-47)37(50)45-38-44-35-29(39)21-28(22-30(35)54-38)46-55-33-6-3-19-53-33/h2-8,19-22,25,46H,9-18,23H2,1H3,(H2,40,43)(H,41,48)(H,42,49)(H,44,45,50). The van der Waals surface area contributed by atoms with E-state index in [4.69, 9.17) is 15.2 Å². The molecule has 5 aromatic rings. The Morgan fingerprint density at radius 2 is 1.82 bits per heavy atom. The van der Waals surface area contributed by atoms with Crippen LogP contribution in [-0.2, 0) is 19.1 Å². The third kappa shape index (κ3) is 11.7. The van der Waals surface area contributed by atoms with E-state index in [1.165, 1.54) is 29.4 Å². The Kier molecular flexibility index (Phi) is 14.4. The first kappa shape index (κ1) is 40.0. The van der Waals surface area contributed by atoms with Gasteiger partial charge in [0.2, 0.25) is 11.8 Å². The third-order valence-corrected chi connectivity index (χ3v) is 11.6. The number of thiophene rings is 1. The van der Waals surface area contributed by atoms with Crippen LogP contribution < -0.4 is 26.4 Å². The van der Waals surface area contributed by atoms with Gasteiger partial charge in [0.05, 0.1) is 34.4 Å². The van der Waals surface area contributed by atoms with Gasteiger partial charge in [-0.25, -0.2) is 14.4 Å². The van der Waals surface area contributed by atoms with Crippen molar-refractivity contribution in [3.8, 4) is 11.3 Å². The zero-order chi connectivity index (χ0) is 38.6. The van der Waals surface area contributed by atoms with Gasteiger partial charge in [-0.15, -0.1) is 11.3 Å². The van der Waals surface area contributed by atoms with Crippen LogP contribution in [0.25, 0.3) is 21.5 Å². The fourth-order valence-corrected chi connectivity index (χ4v) is 8.27. The summed E-state index contributed by atoms with van der Waals surface area (Å²) in [6.07, 6.45) is 1.35. The number of nitrogen functional groups attached to an aromatic ring is 1. The molecule has 0 spiro atoms. The number of hydrogen-bond acceptors (Lipinski definition) is 13. The van der Waals surface area contributed by atoms with E-state index in [1.54, 1.807) is 29.5 Å². The van der Waals surface area contributed by atoms with Crippen molar-refractivity contribution in [1.29, 1.82) is 0 Å². The molecule has 55 heavy (non-hydrogen) atoms. The maximum atomic E-state index is 14.8. The molecule has 1 aliphatic rings. The fourth-order valence-electron chi connectivity index (χ4n) is 5.93. The van der Waals surface area contributed by atoms with Crippen molar-refractivity contribution in [2.75, 3.05) is 74.9 Å². The molecule has 0 atom stereocenters. The molecule has 0 unspecified atom stereocenters. The number of aromatic nitrogens is 2. The number of fused-ring (bicyclic) bond motifs is 1. The first-order valence-electron chi connectivity index (χ1n) is 17.9. The molecule has 3 aromatic heterocycles. The van der Waals surface area contributed by atoms with Gasteiger partial charge in [0, 0.05) is 48.4 Å². The molecule has 0 saturated carbocycles. The van der Waals surface area contributed by atoms with Crippen LogP contribution in [0.15, 0.2) is 70.3 Å².